The fourth-order valence-electron chi connectivity index (χ4n) is 3.68. The molecule has 0 radical (unpaired) electrons. The summed E-state index contributed by atoms with van der Waals surface area (Å²) < 4.78 is 5.47. The van der Waals surface area contributed by atoms with Crippen LogP contribution in [0.4, 0.5) is 11.4 Å². The summed E-state index contributed by atoms with van der Waals surface area (Å²) in [6.07, 6.45) is 6.81. The molecule has 4 nitrogen and oxygen atoms in total. The molecule has 4 heteroatoms. The summed E-state index contributed by atoms with van der Waals surface area (Å²) in [5.41, 5.74) is 3.56. The molecule has 0 saturated heterocycles. The first-order chi connectivity index (χ1) is 11.3. The Morgan fingerprint density at radius 2 is 2.13 bits per heavy atom. The molecule has 1 heterocycles. The number of hydrogen-bond acceptors (Lipinski definition) is 3. The molecule has 1 saturated carbocycles. The van der Waals surface area contributed by atoms with E-state index in [0.29, 0.717) is 0 Å². The number of carbonyl (C=O) groups is 1. The molecule has 0 atom stereocenters. The third-order valence-electron chi connectivity index (χ3n) is 5.03. The molecule has 2 aliphatic rings. The van der Waals surface area contributed by atoms with E-state index in [9.17, 15) is 4.79 Å². The molecule has 0 aromatic heterocycles. The zero-order valence-electron chi connectivity index (χ0n) is 14.1. The predicted octanol–water partition coefficient (Wildman–Crippen LogP) is 3.60. The number of hydrogen-bond donors (Lipinski definition) is 1. The minimum absolute atomic E-state index is 0.198. The monoisotopic (exact) mass is 316 g/mol. The second-order valence-electron chi connectivity index (χ2n) is 6.60. The van der Waals surface area contributed by atoms with E-state index in [-0.39, 0.29) is 11.8 Å². The Labute approximate surface area is 139 Å². The summed E-state index contributed by atoms with van der Waals surface area (Å²) in [6.45, 7) is 5.51. The number of benzene rings is 1. The lowest BCUT2D eigenvalue weighted by Crippen LogP contribution is -2.26. The Balaban J connectivity index is 1.63. The second-order valence-corrected chi connectivity index (χ2v) is 6.60. The summed E-state index contributed by atoms with van der Waals surface area (Å²) >= 11 is 0. The van der Waals surface area contributed by atoms with Crippen molar-refractivity contribution < 1.29 is 9.53 Å². The third-order valence-corrected chi connectivity index (χ3v) is 5.03. The Bertz CT molecular complexity index is 538. The van der Waals surface area contributed by atoms with Crippen molar-refractivity contribution in [2.24, 2.45) is 5.92 Å². The average Bonchev–Trinajstić information content (AvgIpc) is 2.98. The van der Waals surface area contributed by atoms with E-state index in [2.05, 4.69) is 22.3 Å². The lowest BCUT2D eigenvalue weighted by atomic mass is 9.88. The van der Waals surface area contributed by atoms with Crippen molar-refractivity contribution >= 4 is 17.3 Å². The van der Waals surface area contributed by atoms with Crippen molar-refractivity contribution in [1.82, 2.24) is 0 Å². The Kier molecular flexibility index (Phi) is 5.55. The first kappa shape index (κ1) is 16.3. The van der Waals surface area contributed by atoms with Gasteiger partial charge in [0.1, 0.15) is 0 Å². The van der Waals surface area contributed by atoms with Gasteiger partial charge in [0, 0.05) is 37.0 Å². The fraction of sp³-hybridized carbons (Fsp3) is 0.632. The number of ether oxygens (including phenoxy) is 1. The Morgan fingerprint density at radius 1 is 1.30 bits per heavy atom. The number of fused-ring (bicyclic) bond motifs is 1. The van der Waals surface area contributed by atoms with Gasteiger partial charge in [0.15, 0.2) is 0 Å². The Morgan fingerprint density at radius 3 is 2.91 bits per heavy atom. The lowest BCUT2D eigenvalue weighted by molar-refractivity contribution is -0.120. The summed E-state index contributed by atoms with van der Waals surface area (Å²) in [4.78, 5) is 14.8. The molecule has 1 aliphatic carbocycles. The fourth-order valence-corrected chi connectivity index (χ4v) is 3.68. The van der Waals surface area contributed by atoms with Crippen LogP contribution >= 0.6 is 0 Å². The molecule has 1 aromatic carbocycles. The van der Waals surface area contributed by atoms with Crippen molar-refractivity contribution in [1.29, 1.82) is 0 Å². The molecule has 1 aliphatic heterocycles. The van der Waals surface area contributed by atoms with Crippen molar-refractivity contribution in [3.8, 4) is 0 Å². The van der Waals surface area contributed by atoms with E-state index in [4.69, 9.17) is 4.74 Å². The Hall–Kier alpha value is -1.55. The van der Waals surface area contributed by atoms with Crippen LogP contribution in [0.2, 0.25) is 0 Å². The van der Waals surface area contributed by atoms with Crippen molar-refractivity contribution in [3.63, 3.8) is 0 Å². The third kappa shape index (κ3) is 4.05. The highest BCUT2D eigenvalue weighted by atomic mass is 16.5. The van der Waals surface area contributed by atoms with Gasteiger partial charge in [0.05, 0.1) is 6.61 Å². The van der Waals surface area contributed by atoms with E-state index in [1.54, 1.807) is 0 Å². The summed E-state index contributed by atoms with van der Waals surface area (Å²) in [5, 5.41) is 3.13. The van der Waals surface area contributed by atoms with Gasteiger partial charge >= 0.3 is 0 Å². The van der Waals surface area contributed by atoms with Crippen LogP contribution < -0.4 is 10.2 Å². The van der Waals surface area contributed by atoms with Crippen LogP contribution in [0.1, 0.15) is 44.6 Å². The summed E-state index contributed by atoms with van der Waals surface area (Å²) in [7, 11) is 0. The van der Waals surface area contributed by atoms with Crippen LogP contribution in [0.5, 0.6) is 0 Å². The van der Waals surface area contributed by atoms with Gasteiger partial charge in [-0.1, -0.05) is 25.3 Å². The molecule has 3 rings (SSSR count). The topological polar surface area (TPSA) is 41.6 Å². The zero-order chi connectivity index (χ0) is 16.1. The lowest BCUT2D eigenvalue weighted by Gasteiger charge is -2.22. The van der Waals surface area contributed by atoms with Crippen LogP contribution in [0.25, 0.3) is 0 Å². The maximum Gasteiger partial charge on any atom is 0.227 e. The van der Waals surface area contributed by atoms with E-state index in [0.717, 1.165) is 51.3 Å². The molecule has 1 aromatic rings. The molecule has 0 unspecified atom stereocenters. The highest BCUT2D eigenvalue weighted by Gasteiger charge is 2.23. The molecule has 1 N–H and O–H groups in total. The van der Waals surface area contributed by atoms with Gasteiger partial charge in [0.25, 0.3) is 0 Å². The minimum atomic E-state index is 0.198. The first-order valence-electron chi connectivity index (χ1n) is 9.04. The number of nitrogens with zero attached hydrogens (tertiary/aromatic N) is 1. The number of rotatable bonds is 6. The van der Waals surface area contributed by atoms with Crippen LogP contribution in [0.15, 0.2) is 18.2 Å². The smallest absolute Gasteiger partial charge is 0.227 e. The van der Waals surface area contributed by atoms with Crippen LogP contribution in [0.3, 0.4) is 0 Å². The molecule has 1 fully saturated rings. The van der Waals surface area contributed by atoms with Gasteiger partial charge < -0.3 is 15.0 Å². The van der Waals surface area contributed by atoms with Gasteiger partial charge in [-0.25, -0.2) is 0 Å². The normalized spacial score (nSPS) is 18.0. The minimum Gasteiger partial charge on any atom is -0.380 e. The van der Waals surface area contributed by atoms with Crippen LogP contribution in [-0.2, 0) is 16.0 Å². The van der Waals surface area contributed by atoms with Crippen molar-refractivity contribution in [3.05, 3.63) is 23.8 Å². The average molecular weight is 316 g/mol. The molecular weight excluding hydrogens is 288 g/mol. The molecular formula is C19H28N2O2. The van der Waals surface area contributed by atoms with Gasteiger partial charge in [-0.2, -0.15) is 0 Å². The van der Waals surface area contributed by atoms with E-state index >= 15 is 0 Å². The van der Waals surface area contributed by atoms with Crippen LogP contribution in [-0.4, -0.2) is 32.2 Å². The molecule has 23 heavy (non-hydrogen) atoms. The van der Waals surface area contributed by atoms with E-state index in [1.807, 2.05) is 13.0 Å². The van der Waals surface area contributed by atoms with E-state index < -0.39 is 0 Å². The van der Waals surface area contributed by atoms with Crippen molar-refractivity contribution in [2.75, 3.05) is 36.5 Å². The highest BCUT2D eigenvalue weighted by molar-refractivity contribution is 5.93. The second kappa shape index (κ2) is 7.82. The van der Waals surface area contributed by atoms with E-state index in [1.165, 1.54) is 30.5 Å². The maximum atomic E-state index is 12.4. The number of nitrogens with one attached hydrogen (secondary N) is 1. The first-order valence-corrected chi connectivity index (χ1v) is 9.04. The number of anilines is 2. The largest absolute Gasteiger partial charge is 0.380 e. The molecule has 0 spiro atoms. The quantitative estimate of drug-likeness (QED) is 0.815. The molecule has 126 valence electrons. The SMILES string of the molecule is CCOCCN1CCc2ccc(NC(=O)C3CCCCC3)cc21. The number of carbonyl (C=O) groups excluding carboxylic acids is 1. The summed E-state index contributed by atoms with van der Waals surface area (Å²) in [5.74, 6) is 0.398. The number of amides is 1. The van der Waals surface area contributed by atoms with Crippen LogP contribution in [0, 0.1) is 5.92 Å². The van der Waals surface area contributed by atoms with Gasteiger partial charge in [0.2, 0.25) is 5.91 Å². The zero-order valence-corrected chi connectivity index (χ0v) is 14.1. The standard InChI is InChI=1S/C19H28N2O2/c1-2-23-13-12-21-11-10-15-8-9-17(14-18(15)21)20-19(22)16-6-4-3-5-7-16/h8-9,14,16H,2-7,10-13H2,1H3,(H,20,22). The molecule has 0 bridgehead atoms. The summed E-state index contributed by atoms with van der Waals surface area (Å²) in [6, 6.07) is 6.34. The predicted molar refractivity (Wildman–Crippen MR) is 94.1 cm³/mol. The van der Waals surface area contributed by atoms with Gasteiger partial charge in [-0.3, -0.25) is 4.79 Å². The van der Waals surface area contributed by atoms with Crippen molar-refractivity contribution in [2.45, 2.75) is 45.4 Å². The highest BCUT2D eigenvalue weighted by Crippen LogP contribution is 2.31. The van der Waals surface area contributed by atoms with Gasteiger partial charge in [-0.05, 0) is 43.9 Å². The maximum absolute atomic E-state index is 12.4. The van der Waals surface area contributed by atoms with Gasteiger partial charge in [-0.15, -0.1) is 0 Å². The molecule has 1 amide bonds.